The van der Waals surface area contributed by atoms with Gasteiger partial charge in [-0.2, -0.15) is 5.10 Å². The van der Waals surface area contributed by atoms with Gasteiger partial charge in [0, 0.05) is 12.5 Å². The molecule has 1 N–H and O–H groups in total. The zero-order chi connectivity index (χ0) is 13.8. The van der Waals surface area contributed by atoms with Gasteiger partial charge in [0.05, 0.1) is 19.2 Å². The van der Waals surface area contributed by atoms with Crippen molar-refractivity contribution in [3.05, 3.63) is 35.9 Å². The molecule has 0 bridgehead atoms. The summed E-state index contributed by atoms with van der Waals surface area (Å²) in [5.41, 5.74) is 0.806. The maximum atomic E-state index is 10.7. The van der Waals surface area contributed by atoms with E-state index in [9.17, 15) is 4.79 Å². The molecule has 0 atom stereocenters. The summed E-state index contributed by atoms with van der Waals surface area (Å²) in [5, 5.41) is 13.0. The average Bonchev–Trinajstić information content (AvgIpc) is 2.77. The molecule has 0 spiro atoms. The summed E-state index contributed by atoms with van der Waals surface area (Å²) in [7, 11) is 1.59. The fourth-order valence-corrected chi connectivity index (χ4v) is 1.79. The van der Waals surface area contributed by atoms with Crippen LogP contribution >= 0.6 is 0 Å². The number of carboxylic acids is 1. The number of aryl methyl sites for hydroxylation is 2. The summed E-state index contributed by atoms with van der Waals surface area (Å²) < 4.78 is 6.82. The highest BCUT2D eigenvalue weighted by Gasteiger charge is 2.11. The monoisotopic (exact) mass is 261 g/mol. The number of carbonyl (C=O) groups is 1. The van der Waals surface area contributed by atoms with Crippen molar-refractivity contribution in [1.29, 1.82) is 0 Å². The second-order valence-corrected chi connectivity index (χ2v) is 4.08. The smallest absolute Gasteiger partial charge is 0.303 e. The fraction of sp³-hybridized carbons (Fsp3) is 0.308. The van der Waals surface area contributed by atoms with Crippen LogP contribution in [0.4, 0.5) is 0 Å². The standard InChI is InChI=1S/C13H15N3O3/c1-9-14-12(6-7-13(17)18)16(15-9)10-4-3-5-11(8-10)19-2/h3-5,8H,6-7H2,1-2H3,(H,17,18). The first-order valence-corrected chi connectivity index (χ1v) is 5.89. The van der Waals surface area contributed by atoms with E-state index < -0.39 is 5.97 Å². The predicted octanol–water partition coefficient (Wildman–Crippen LogP) is 1.60. The van der Waals surface area contributed by atoms with Crippen molar-refractivity contribution in [1.82, 2.24) is 14.8 Å². The molecule has 0 saturated carbocycles. The average molecular weight is 261 g/mol. The van der Waals surface area contributed by atoms with Crippen LogP contribution in [0.1, 0.15) is 18.1 Å². The molecule has 2 aromatic rings. The number of hydrogen-bond acceptors (Lipinski definition) is 4. The third-order valence-corrected chi connectivity index (χ3v) is 2.64. The van der Waals surface area contributed by atoms with Crippen LogP contribution in [-0.2, 0) is 11.2 Å². The maximum Gasteiger partial charge on any atom is 0.303 e. The molecule has 0 aliphatic carbocycles. The van der Waals surface area contributed by atoms with Crippen molar-refractivity contribution in [3.63, 3.8) is 0 Å². The van der Waals surface area contributed by atoms with Gasteiger partial charge in [-0.3, -0.25) is 4.79 Å². The second-order valence-electron chi connectivity index (χ2n) is 4.08. The maximum absolute atomic E-state index is 10.7. The number of ether oxygens (including phenoxy) is 1. The summed E-state index contributed by atoms with van der Waals surface area (Å²) in [6.07, 6.45) is 0.371. The van der Waals surface area contributed by atoms with Gasteiger partial charge in [-0.25, -0.2) is 9.67 Å². The molecular weight excluding hydrogens is 246 g/mol. The van der Waals surface area contributed by atoms with Crippen LogP contribution in [0.15, 0.2) is 24.3 Å². The highest BCUT2D eigenvalue weighted by atomic mass is 16.5. The van der Waals surface area contributed by atoms with Crippen molar-refractivity contribution < 1.29 is 14.6 Å². The van der Waals surface area contributed by atoms with Crippen LogP contribution in [0.25, 0.3) is 5.69 Å². The fourth-order valence-electron chi connectivity index (χ4n) is 1.79. The molecule has 0 aliphatic rings. The van der Waals surface area contributed by atoms with Crippen LogP contribution in [0, 0.1) is 6.92 Å². The van der Waals surface area contributed by atoms with E-state index in [1.807, 2.05) is 24.3 Å². The van der Waals surface area contributed by atoms with Crippen LogP contribution in [0.5, 0.6) is 5.75 Å². The highest BCUT2D eigenvalue weighted by molar-refractivity contribution is 5.66. The third-order valence-electron chi connectivity index (χ3n) is 2.64. The zero-order valence-electron chi connectivity index (χ0n) is 10.8. The molecule has 0 amide bonds. The molecule has 0 unspecified atom stereocenters. The minimum atomic E-state index is -0.849. The van der Waals surface area contributed by atoms with E-state index in [-0.39, 0.29) is 6.42 Å². The minimum absolute atomic E-state index is 0.0299. The van der Waals surface area contributed by atoms with E-state index >= 15 is 0 Å². The van der Waals surface area contributed by atoms with E-state index in [2.05, 4.69) is 10.1 Å². The SMILES string of the molecule is COc1cccc(-n2nc(C)nc2CCC(=O)O)c1. The Morgan fingerprint density at radius 2 is 2.26 bits per heavy atom. The lowest BCUT2D eigenvalue weighted by molar-refractivity contribution is -0.137. The van der Waals surface area contributed by atoms with Gasteiger partial charge in [0.2, 0.25) is 0 Å². The lowest BCUT2D eigenvalue weighted by atomic mass is 10.2. The van der Waals surface area contributed by atoms with Crippen molar-refractivity contribution in [2.24, 2.45) is 0 Å². The molecule has 0 saturated heterocycles. The number of benzene rings is 1. The van der Waals surface area contributed by atoms with E-state index in [1.165, 1.54) is 0 Å². The topological polar surface area (TPSA) is 77.2 Å². The van der Waals surface area contributed by atoms with E-state index in [0.29, 0.717) is 18.1 Å². The van der Waals surface area contributed by atoms with Gasteiger partial charge in [0.25, 0.3) is 0 Å². The van der Waals surface area contributed by atoms with Gasteiger partial charge in [0.1, 0.15) is 17.4 Å². The number of aliphatic carboxylic acids is 1. The normalized spacial score (nSPS) is 10.4. The molecule has 6 nitrogen and oxygen atoms in total. The summed E-state index contributed by atoms with van der Waals surface area (Å²) in [5.74, 6) is 1.11. The molecule has 19 heavy (non-hydrogen) atoms. The molecule has 100 valence electrons. The number of carboxylic acid groups (broad SMARTS) is 1. The third kappa shape index (κ3) is 3.09. The number of nitrogens with zero attached hydrogens (tertiary/aromatic N) is 3. The number of rotatable bonds is 5. The number of methoxy groups -OCH3 is 1. The highest BCUT2D eigenvalue weighted by Crippen LogP contribution is 2.17. The Balaban J connectivity index is 2.34. The lowest BCUT2D eigenvalue weighted by Gasteiger charge is -2.06. The molecule has 0 aliphatic heterocycles. The van der Waals surface area contributed by atoms with Crippen LogP contribution < -0.4 is 4.74 Å². The summed E-state index contributed by atoms with van der Waals surface area (Å²) in [6, 6.07) is 7.40. The Hall–Kier alpha value is -2.37. The van der Waals surface area contributed by atoms with Gasteiger partial charge >= 0.3 is 5.97 Å². The van der Waals surface area contributed by atoms with Gasteiger partial charge in [-0.1, -0.05) is 6.07 Å². The van der Waals surface area contributed by atoms with E-state index in [1.54, 1.807) is 18.7 Å². The number of hydrogen-bond donors (Lipinski definition) is 1. The van der Waals surface area contributed by atoms with Gasteiger partial charge in [0.15, 0.2) is 0 Å². The summed E-state index contributed by atoms with van der Waals surface area (Å²) in [4.78, 5) is 14.9. The molecule has 0 radical (unpaired) electrons. The first kappa shape index (κ1) is 13.1. The lowest BCUT2D eigenvalue weighted by Crippen LogP contribution is -2.06. The quantitative estimate of drug-likeness (QED) is 0.884. The number of aromatic nitrogens is 3. The molecule has 0 fully saturated rings. The summed E-state index contributed by atoms with van der Waals surface area (Å²) >= 11 is 0. The Kier molecular flexibility index (Phi) is 3.79. The van der Waals surface area contributed by atoms with Crippen molar-refractivity contribution >= 4 is 5.97 Å². The second kappa shape index (κ2) is 5.51. The molecule has 1 heterocycles. The van der Waals surface area contributed by atoms with E-state index in [0.717, 1.165) is 11.4 Å². The Morgan fingerprint density at radius 3 is 2.95 bits per heavy atom. The molecular formula is C13H15N3O3. The van der Waals surface area contributed by atoms with Crippen molar-refractivity contribution in [2.75, 3.05) is 7.11 Å². The molecule has 2 rings (SSSR count). The Labute approximate surface area is 110 Å². The first-order valence-electron chi connectivity index (χ1n) is 5.89. The van der Waals surface area contributed by atoms with Gasteiger partial charge in [-0.05, 0) is 19.1 Å². The summed E-state index contributed by atoms with van der Waals surface area (Å²) in [6.45, 7) is 1.78. The van der Waals surface area contributed by atoms with Crippen LogP contribution in [-0.4, -0.2) is 33.0 Å². The van der Waals surface area contributed by atoms with Gasteiger partial charge < -0.3 is 9.84 Å². The van der Waals surface area contributed by atoms with Gasteiger partial charge in [-0.15, -0.1) is 0 Å². The van der Waals surface area contributed by atoms with Crippen LogP contribution in [0.3, 0.4) is 0 Å². The molecule has 1 aromatic carbocycles. The molecule has 6 heteroatoms. The van der Waals surface area contributed by atoms with Crippen LogP contribution in [0.2, 0.25) is 0 Å². The molecule has 1 aromatic heterocycles. The Bertz CT molecular complexity index is 593. The minimum Gasteiger partial charge on any atom is -0.497 e. The first-order chi connectivity index (χ1) is 9.10. The Morgan fingerprint density at radius 1 is 1.47 bits per heavy atom. The predicted molar refractivity (Wildman–Crippen MR) is 68.6 cm³/mol. The van der Waals surface area contributed by atoms with E-state index in [4.69, 9.17) is 9.84 Å². The largest absolute Gasteiger partial charge is 0.497 e. The van der Waals surface area contributed by atoms with Crippen molar-refractivity contribution in [2.45, 2.75) is 19.8 Å². The zero-order valence-corrected chi connectivity index (χ0v) is 10.8. The van der Waals surface area contributed by atoms with Crippen molar-refractivity contribution in [3.8, 4) is 11.4 Å².